The van der Waals surface area contributed by atoms with Crippen LogP contribution < -0.4 is 10.1 Å². The van der Waals surface area contributed by atoms with Gasteiger partial charge in [-0.1, -0.05) is 17.3 Å². The summed E-state index contributed by atoms with van der Waals surface area (Å²) in [5.74, 6) is 0.859. The zero-order valence-corrected chi connectivity index (χ0v) is 12.8. The molecule has 0 saturated heterocycles. The molecule has 6 nitrogen and oxygen atoms in total. The highest BCUT2D eigenvalue weighted by atomic mass is 19.3. The molecule has 124 valence electrons. The van der Waals surface area contributed by atoms with Crippen LogP contribution in [-0.4, -0.2) is 36.2 Å². The Balaban J connectivity index is 1.81. The number of alkyl halides is 2. The number of benzene rings is 1. The normalized spacial score (nSPS) is 11.0. The van der Waals surface area contributed by atoms with Gasteiger partial charge in [0.05, 0.1) is 6.54 Å². The number of amides is 1. The molecule has 0 bridgehead atoms. The average molecular weight is 325 g/mol. The lowest BCUT2D eigenvalue weighted by Gasteiger charge is -2.16. The molecule has 23 heavy (non-hydrogen) atoms. The third-order valence-electron chi connectivity index (χ3n) is 2.91. The molecule has 1 aromatic heterocycles. The number of anilines is 1. The fraction of sp³-hybridized carbons (Fsp3) is 0.333. The average Bonchev–Trinajstić information content (AvgIpc) is 2.85. The van der Waals surface area contributed by atoms with Crippen molar-refractivity contribution in [1.82, 2.24) is 10.1 Å². The highest BCUT2D eigenvalue weighted by Gasteiger charge is 2.10. The summed E-state index contributed by atoms with van der Waals surface area (Å²) in [4.78, 5) is 13.6. The second-order valence-corrected chi connectivity index (χ2v) is 5.07. The smallest absolute Gasteiger partial charge is 0.387 e. The highest BCUT2D eigenvalue weighted by Crippen LogP contribution is 2.15. The lowest BCUT2D eigenvalue weighted by molar-refractivity contribution is -0.117. The van der Waals surface area contributed by atoms with Gasteiger partial charge in [0.1, 0.15) is 11.5 Å². The van der Waals surface area contributed by atoms with Crippen molar-refractivity contribution >= 4 is 11.7 Å². The fourth-order valence-corrected chi connectivity index (χ4v) is 2.00. The number of nitrogens with one attached hydrogen (secondary N) is 1. The van der Waals surface area contributed by atoms with E-state index in [-0.39, 0.29) is 18.2 Å². The first kappa shape index (κ1) is 16.9. The van der Waals surface area contributed by atoms with Gasteiger partial charge in [-0.05, 0) is 31.7 Å². The van der Waals surface area contributed by atoms with Crippen LogP contribution in [-0.2, 0) is 11.3 Å². The van der Waals surface area contributed by atoms with E-state index in [2.05, 4.69) is 15.2 Å². The summed E-state index contributed by atoms with van der Waals surface area (Å²) in [6.45, 7) is -0.468. The molecule has 2 rings (SSSR count). The molecule has 0 atom stereocenters. The molecule has 1 heterocycles. The predicted molar refractivity (Wildman–Crippen MR) is 79.3 cm³/mol. The first-order chi connectivity index (χ1) is 10.9. The van der Waals surface area contributed by atoms with Gasteiger partial charge in [-0.3, -0.25) is 9.69 Å². The Bertz CT molecular complexity index is 644. The number of likely N-dealkylation sites (N-methyl/N-ethyl adjacent to an activating group) is 1. The van der Waals surface area contributed by atoms with Crippen LogP contribution in [0.3, 0.4) is 0 Å². The van der Waals surface area contributed by atoms with Crippen LogP contribution in [0.1, 0.15) is 11.3 Å². The molecule has 0 unspecified atom stereocenters. The molecule has 0 aliphatic rings. The number of nitrogens with zero attached hydrogens (tertiary/aromatic N) is 2. The third kappa shape index (κ3) is 5.67. The van der Waals surface area contributed by atoms with Gasteiger partial charge in [0.2, 0.25) is 5.91 Å². The number of rotatable bonds is 7. The Morgan fingerprint density at radius 1 is 1.39 bits per heavy atom. The molecular formula is C15H17F2N3O3. The van der Waals surface area contributed by atoms with Gasteiger partial charge in [0.25, 0.3) is 0 Å². The van der Waals surface area contributed by atoms with Gasteiger partial charge in [-0.15, -0.1) is 0 Å². The summed E-state index contributed by atoms with van der Waals surface area (Å²) in [6.07, 6.45) is 0. The lowest BCUT2D eigenvalue weighted by atomic mass is 10.2. The molecular weight excluding hydrogens is 308 g/mol. The minimum atomic E-state index is -2.84. The van der Waals surface area contributed by atoms with E-state index in [9.17, 15) is 13.6 Å². The molecule has 0 fully saturated rings. The quantitative estimate of drug-likeness (QED) is 0.848. The molecule has 0 aliphatic heterocycles. The number of halogens is 2. The van der Waals surface area contributed by atoms with E-state index in [4.69, 9.17) is 4.52 Å². The Labute approximate surface area is 132 Å². The lowest BCUT2D eigenvalue weighted by Crippen LogP contribution is -2.29. The van der Waals surface area contributed by atoms with Crippen molar-refractivity contribution in [1.29, 1.82) is 0 Å². The van der Waals surface area contributed by atoms with E-state index in [0.717, 1.165) is 5.56 Å². The molecule has 0 radical (unpaired) electrons. The second kappa shape index (κ2) is 7.68. The minimum absolute atomic E-state index is 0.102. The number of carbonyl (C=O) groups excluding carboxylic acids is 1. The van der Waals surface area contributed by atoms with Crippen molar-refractivity contribution < 1.29 is 22.8 Å². The zero-order chi connectivity index (χ0) is 16.8. The highest BCUT2D eigenvalue weighted by molar-refractivity contribution is 5.91. The summed E-state index contributed by atoms with van der Waals surface area (Å²) in [7, 11) is 1.77. The van der Waals surface area contributed by atoms with Crippen molar-refractivity contribution in [3.8, 4) is 5.75 Å². The molecule has 2 aromatic rings. The van der Waals surface area contributed by atoms with Gasteiger partial charge >= 0.3 is 6.61 Å². The molecule has 1 N–H and O–H groups in total. The van der Waals surface area contributed by atoms with Gasteiger partial charge in [-0.25, -0.2) is 0 Å². The number of aromatic nitrogens is 1. The van der Waals surface area contributed by atoms with Crippen molar-refractivity contribution in [3.63, 3.8) is 0 Å². The van der Waals surface area contributed by atoms with Gasteiger partial charge < -0.3 is 14.6 Å². The molecule has 0 aliphatic carbocycles. The summed E-state index contributed by atoms with van der Waals surface area (Å²) >= 11 is 0. The van der Waals surface area contributed by atoms with Crippen molar-refractivity contribution in [3.05, 3.63) is 41.7 Å². The van der Waals surface area contributed by atoms with Crippen LogP contribution in [0, 0.1) is 6.92 Å². The number of hydrogen-bond donors (Lipinski definition) is 1. The van der Waals surface area contributed by atoms with Crippen LogP contribution in [0.15, 0.2) is 34.9 Å². The maximum Gasteiger partial charge on any atom is 0.387 e. The Morgan fingerprint density at radius 3 is 2.65 bits per heavy atom. The molecule has 0 spiro atoms. The standard InChI is InChI=1S/C15H17F2N3O3/c1-10-7-13(19-23-10)18-14(21)9-20(2)8-11-3-5-12(6-4-11)22-15(16)17/h3-7,15H,8-9H2,1-2H3,(H,18,19,21). The van der Waals surface area contributed by atoms with Crippen molar-refractivity contribution in [2.75, 3.05) is 18.9 Å². The summed E-state index contributed by atoms with van der Waals surface area (Å²) in [5, 5.41) is 6.30. The van der Waals surface area contributed by atoms with E-state index in [1.165, 1.54) is 12.1 Å². The Kier molecular flexibility index (Phi) is 5.64. The van der Waals surface area contributed by atoms with Crippen LogP contribution in [0.2, 0.25) is 0 Å². The molecule has 0 saturated carbocycles. The van der Waals surface area contributed by atoms with Crippen molar-refractivity contribution in [2.45, 2.75) is 20.1 Å². The van der Waals surface area contributed by atoms with E-state index >= 15 is 0 Å². The van der Waals surface area contributed by atoms with Crippen LogP contribution in [0.25, 0.3) is 0 Å². The first-order valence-electron chi connectivity index (χ1n) is 6.88. The van der Waals surface area contributed by atoms with Crippen LogP contribution in [0.5, 0.6) is 5.75 Å². The third-order valence-corrected chi connectivity index (χ3v) is 2.91. The monoisotopic (exact) mass is 325 g/mol. The fourth-order valence-electron chi connectivity index (χ4n) is 2.00. The van der Waals surface area contributed by atoms with Crippen LogP contribution in [0.4, 0.5) is 14.6 Å². The SMILES string of the molecule is Cc1cc(NC(=O)CN(C)Cc2ccc(OC(F)F)cc2)no1. The number of carbonyl (C=O) groups is 1. The number of hydrogen-bond acceptors (Lipinski definition) is 5. The Morgan fingerprint density at radius 2 is 2.09 bits per heavy atom. The predicted octanol–water partition coefficient (Wildman–Crippen LogP) is 2.65. The van der Waals surface area contributed by atoms with E-state index in [1.807, 2.05) is 0 Å². The van der Waals surface area contributed by atoms with E-state index in [0.29, 0.717) is 18.1 Å². The van der Waals surface area contributed by atoms with Crippen molar-refractivity contribution in [2.24, 2.45) is 0 Å². The summed E-state index contributed by atoms with van der Waals surface area (Å²) < 4.78 is 33.3. The molecule has 8 heteroatoms. The largest absolute Gasteiger partial charge is 0.435 e. The molecule has 1 aromatic carbocycles. The number of ether oxygens (including phenoxy) is 1. The summed E-state index contributed by atoms with van der Waals surface area (Å²) in [5.41, 5.74) is 0.874. The topological polar surface area (TPSA) is 67.6 Å². The van der Waals surface area contributed by atoms with E-state index in [1.54, 1.807) is 37.1 Å². The number of aryl methyl sites for hydroxylation is 1. The maximum absolute atomic E-state index is 12.1. The zero-order valence-electron chi connectivity index (χ0n) is 12.8. The van der Waals surface area contributed by atoms with E-state index < -0.39 is 6.61 Å². The second-order valence-electron chi connectivity index (χ2n) is 5.07. The Hall–Kier alpha value is -2.48. The molecule has 1 amide bonds. The van der Waals surface area contributed by atoms with Crippen LogP contribution >= 0.6 is 0 Å². The maximum atomic E-state index is 12.1. The van der Waals surface area contributed by atoms with Gasteiger partial charge in [0, 0.05) is 12.6 Å². The minimum Gasteiger partial charge on any atom is -0.435 e. The van der Waals surface area contributed by atoms with Gasteiger partial charge in [-0.2, -0.15) is 8.78 Å². The van der Waals surface area contributed by atoms with Gasteiger partial charge in [0.15, 0.2) is 5.82 Å². The summed E-state index contributed by atoms with van der Waals surface area (Å²) in [6, 6.07) is 7.90. The first-order valence-corrected chi connectivity index (χ1v) is 6.88.